The SMILES string of the molecule is CC(C)Oc1ccc(OCCCBr)c2ccccc12. The molecule has 2 aromatic carbocycles. The Morgan fingerprint density at radius 1 is 1.00 bits per heavy atom. The summed E-state index contributed by atoms with van der Waals surface area (Å²) in [6, 6.07) is 12.2. The molecule has 102 valence electrons. The Bertz CT molecular complexity index is 537. The van der Waals surface area contributed by atoms with Crippen molar-refractivity contribution in [2.45, 2.75) is 26.4 Å². The highest BCUT2D eigenvalue weighted by Gasteiger charge is 2.08. The van der Waals surface area contributed by atoms with Crippen LogP contribution < -0.4 is 9.47 Å². The van der Waals surface area contributed by atoms with E-state index in [1.807, 2.05) is 38.1 Å². The van der Waals surface area contributed by atoms with E-state index >= 15 is 0 Å². The summed E-state index contributed by atoms with van der Waals surface area (Å²) in [4.78, 5) is 0. The van der Waals surface area contributed by atoms with Crippen molar-refractivity contribution in [3.05, 3.63) is 36.4 Å². The van der Waals surface area contributed by atoms with Crippen LogP contribution >= 0.6 is 15.9 Å². The van der Waals surface area contributed by atoms with Gasteiger partial charge in [-0.2, -0.15) is 0 Å². The molecule has 0 saturated heterocycles. The van der Waals surface area contributed by atoms with Gasteiger partial charge in [0.15, 0.2) is 0 Å². The Morgan fingerprint density at radius 3 is 2.26 bits per heavy atom. The zero-order valence-corrected chi connectivity index (χ0v) is 12.9. The third-order valence-electron chi connectivity index (χ3n) is 2.74. The summed E-state index contributed by atoms with van der Waals surface area (Å²) in [6.45, 7) is 4.80. The lowest BCUT2D eigenvalue weighted by atomic mass is 10.1. The highest BCUT2D eigenvalue weighted by atomic mass is 79.9. The summed E-state index contributed by atoms with van der Waals surface area (Å²) in [6.07, 6.45) is 1.17. The molecule has 0 saturated carbocycles. The van der Waals surface area contributed by atoms with Gasteiger partial charge in [-0.3, -0.25) is 0 Å². The summed E-state index contributed by atoms with van der Waals surface area (Å²) >= 11 is 3.41. The third-order valence-corrected chi connectivity index (χ3v) is 3.30. The molecule has 0 radical (unpaired) electrons. The van der Waals surface area contributed by atoms with E-state index in [4.69, 9.17) is 9.47 Å². The summed E-state index contributed by atoms with van der Waals surface area (Å²) in [7, 11) is 0. The molecule has 0 aliphatic heterocycles. The molecule has 2 aromatic rings. The fraction of sp³-hybridized carbons (Fsp3) is 0.375. The van der Waals surface area contributed by atoms with Crippen molar-refractivity contribution in [2.24, 2.45) is 0 Å². The summed E-state index contributed by atoms with van der Waals surface area (Å²) in [5.41, 5.74) is 0. The first-order chi connectivity index (χ1) is 9.22. The fourth-order valence-electron chi connectivity index (χ4n) is 1.96. The van der Waals surface area contributed by atoms with E-state index in [0.717, 1.165) is 40.6 Å². The maximum atomic E-state index is 5.85. The lowest BCUT2D eigenvalue weighted by Gasteiger charge is -2.15. The summed E-state index contributed by atoms with van der Waals surface area (Å²) in [5, 5.41) is 3.17. The van der Waals surface area contributed by atoms with Gasteiger partial charge in [0.25, 0.3) is 0 Å². The van der Waals surface area contributed by atoms with Crippen molar-refractivity contribution in [3.8, 4) is 11.5 Å². The minimum atomic E-state index is 0.170. The van der Waals surface area contributed by atoms with Gasteiger partial charge in [-0.15, -0.1) is 0 Å². The number of ether oxygens (including phenoxy) is 2. The molecule has 19 heavy (non-hydrogen) atoms. The van der Waals surface area contributed by atoms with E-state index in [-0.39, 0.29) is 6.10 Å². The van der Waals surface area contributed by atoms with Crippen LogP contribution in [0.4, 0.5) is 0 Å². The van der Waals surface area contributed by atoms with Crippen LogP contribution in [-0.4, -0.2) is 18.0 Å². The van der Waals surface area contributed by atoms with E-state index in [2.05, 4.69) is 28.1 Å². The van der Waals surface area contributed by atoms with Crippen LogP contribution in [0.3, 0.4) is 0 Å². The smallest absolute Gasteiger partial charge is 0.127 e. The molecule has 3 heteroatoms. The highest BCUT2D eigenvalue weighted by Crippen LogP contribution is 2.33. The lowest BCUT2D eigenvalue weighted by molar-refractivity contribution is 0.245. The third kappa shape index (κ3) is 3.63. The predicted octanol–water partition coefficient (Wildman–Crippen LogP) is 4.79. The highest BCUT2D eigenvalue weighted by molar-refractivity contribution is 9.09. The van der Waals surface area contributed by atoms with Gasteiger partial charge in [0, 0.05) is 16.1 Å². The standard InChI is InChI=1S/C16H19BrO2/c1-12(2)19-16-9-8-15(18-11-5-10-17)13-6-3-4-7-14(13)16/h3-4,6-9,12H,5,10-11H2,1-2H3. The fourth-order valence-corrected chi connectivity index (χ4v) is 2.19. The van der Waals surface area contributed by atoms with Gasteiger partial charge < -0.3 is 9.47 Å². The molecule has 0 fully saturated rings. The van der Waals surface area contributed by atoms with Gasteiger partial charge in [-0.1, -0.05) is 40.2 Å². The molecule has 2 rings (SSSR count). The average Bonchev–Trinajstić information content (AvgIpc) is 2.41. The van der Waals surface area contributed by atoms with E-state index < -0.39 is 0 Å². The maximum Gasteiger partial charge on any atom is 0.127 e. The van der Waals surface area contributed by atoms with Crippen LogP contribution in [0, 0.1) is 0 Å². The Balaban J connectivity index is 2.34. The molecule has 0 aliphatic carbocycles. The second-order valence-electron chi connectivity index (χ2n) is 4.67. The molecular formula is C16H19BrO2. The first kappa shape index (κ1) is 14.2. The van der Waals surface area contributed by atoms with E-state index in [9.17, 15) is 0 Å². The van der Waals surface area contributed by atoms with Crippen molar-refractivity contribution in [1.29, 1.82) is 0 Å². The normalized spacial score (nSPS) is 10.9. The lowest BCUT2D eigenvalue weighted by Crippen LogP contribution is -2.06. The quantitative estimate of drug-likeness (QED) is 0.562. The second kappa shape index (κ2) is 6.80. The topological polar surface area (TPSA) is 18.5 Å². The first-order valence-corrected chi connectivity index (χ1v) is 7.71. The largest absolute Gasteiger partial charge is 0.493 e. The van der Waals surface area contributed by atoms with Crippen molar-refractivity contribution in [3.63, 3.8) is 0 Å². The Labute approximate surface area is 122 Å². The van der Waals surface area contributed by atoms with Gasteiger partial charge in [-0.05, 0) is 32.4 Å². The first-order valence-electron chi connectivity index (χ1n) is 6.59. The summed E-state index contributed by atoms with van der Waals surface area (Å²) in [5.74, 6) is 1.84. The number of rotatable bonds is 6. The molecule has 2 nitrogen and oxygen atoms in total. The van der Waals surface area contributed by atoms with E-state index in [0.29, 0.717) is 0 Å². The average molecular weight is 323 g/mol. The minimum Gasteiger partial charge on any atom is -0.493 e. The number of hydrogen-bond donors (Lipinski definition) is 0. The molecule has 0 spiro atoms. The van der Waals surface area contributed by atoms with Crippen molar-refractivity contribution < 1.29 is 9.47 Å². The maximum absolute atomic E-state index is 5.85. The van der Waals surface area contributed by atoms with Crippen LogP contribution in [0.25, 0.3) is 10.8 Å². The molecule has 0 unspecified atom stereocenters. The molecule has 0 aromatic heterocycles. The predicted molar refractivity (Wildman–Crippen MR) is 83.6 cm³/mol. The van der Waals surface area contributed by atoms with Crippen LogP contribution in [0.5, 0.6) is 11.5 Å². The molecule has 0 heterocycles. The van der Waals surface area contributed by atoms with E-state index in [1.54, 1.807) is 0 Å². The van der Waals surface area contributed by atoms with Crippen molar-refractivity contribution in [1.82, 2.24) is 0 Å². The minimum absolute atomic E-state index is 0.170. The number of halogens is 1. The van der Waals surface area contributed by atoms with Crippen LogP contribution in [0.2, 0.25) is 0 Å². The molecule has 0 atom stereocenters. The Morgan fingerprint density at radius 2 is 1.63 bits per heavy atom. The van der Waals surface area contributed by atoms with Crippen LogP contribution in [0.15, 0.2) is 36.4 Å². The van der Waals surface area contributed by atoms with Gasteiger partial charge in [-0.25, -0.2) is 0 Å². The molecule has 0 bridgehead atoms. The number of benzene rings is 2. The summed E-state index contributed by atoms with van der Waals surface area (Å²) < 4.78 is 11.7. The van der Waals surface area contributed by atoms with Crippen molar-refractivity contribution in [2.75, 3.05) is 11.9 Å². The molecular weight excluding hydrogens is 304 g/mol. The van der Waals surface area contributed by atoms with Gasteiger partial charge in [0.05, 0.1) is 12.7 Å². The van der Waals surface area contributed by atoms with E-state index in [1.165, 1.54) is 0 Å². The van der Waals surface area contributed by atoms with Crippen LogP contribution in [-0.2, 0) is 0 Å². The molecule has 0 N–H and O–H groups in total. The Hall–Kier alpha value is -1.22. The van der Waals surface area contributed by atoms with Gasteiger partial charge in [0.2, 0.25) is 0 Å². The molecule has 0 amide bonds. The van der Waals surface area contributed by atoms with Crippen molar-refractivity contribution >= 4 is 26.7 Å². The van der Waals surface area contributed by atoms with Gasteiger partial charge in [0.1, 0.15) is 11.5 Å². The number of alkyl halides is 1. The zero-order chi connectivity index (χ0) is 13.7. The monoisotopic (exact) mass is 322 g/mol. The Kier molecular flexibility index (Phi) is 5.08. The zero-order valence-electron chi connectivity index (χ0n) is 11.4. The second-order valence-corrected chi connectivity index (χ2v) is 5.46. The number of fused-ring (bicyclic) bond motifs is 1. The molecule has 0 aliphatic rings. The number of hydrogen-bond acceptors (Lipinski definition) is 2. The van der Waals surface area contributed by atoms with Gasteiger partial charge >= 0.3 is 0 Å². The van der Waals surface area contributed by atoms with Crippen LogP contribution in [0.1, 0.15) is 20.3 Å².